The Morgan fingerprint density at radius 1 is 1.16 bits per heavy atom. The van der Waals surface area contributed by atoms with Crippen molar-refractivity contribution in [3.63, 3.8) is 0 Å². The van der Waals surface area contributed by atoms with Gasteiger partial charge in [-0.3, -0.25) is 4.79 Å². The van der Waals surface area contributed by atoms with Gasteiger partial charge in [-0.25, -0.2) is 4.79 Å². The normalized spacial score (nSPS) is 24.4. The van der Waals surface area contributed by atoms with Gasteiger partial charge < -0.3 is 4.74 Å². The van der Waals surface area contributed by atoms with Gasteiger partial charge in [0.15, 0.2) is 0 Å². The summed E-state index contributed by atoms with van der Waals surface area (Å²) in [6.45, 7) is 2.11. The molecule has 0 aromatic rings. The van der Waals surface area contributed by atoms with Crippen LogP contribution in [0.4, 0.5) is 0 Å². The molecule has 1 aliphatic rings. The molecule has 1 atom stereocenters. The Bertz CT molecular complexity index is 441. The summed E-state index contributed by atoms with van der Waals surface area (Å²) in [5, 5.41) is 0. The first kappa shape index (κ1) is 15.2. The van der Waals surface area contributed by atoms with Crippen molar-refractivity contribution in [1.29, 1.82) is 0 Å². The van der Waals surface area contributed by atoms with Crippen LogP contribution in [0.3, 0.4) is 0 Å². The molecule has 0 aliphatic heterocycles. The highest BCUT2D eigenvalue weighted by Gasteiger charge is 2.30. The standard InChI is InChI=1S/C16H20O3/c1-16(12-10-14(17)13-16)11-8-6-4-3-5-7-9-15(18)19-2/h3-9,11H,10,12-13H2,1-2H3/b5-3-,6-4+,9-7-,11-8+. The fourth-order valence-electron chi connectivity index (χ4n) is 1.94. The average molecular weight is 260 g/mol. The summed E-state index contributed by atoms with van der Waals surface area (Å²) >= 11 is 0. The van der Waals surface area contributed by atoms with Crippen LogP contribution in [0.5, 0.6) is 0 Å². The summed E-state index contributed by atoms with van der Waals surface area (Å²) in [6, 6.07) is 0. The van der Waals surface area contributed by atoms with Crippen molar-refractivity contribution in [2.24, 2.45) is 5.41 Å². The molecule has 0 radical (unpaired) electrons. The van der Waals surface area contributed by atoms with Gasteiger partial charge in [-0.1, -0.05) is 49.5 Å². The molecule has 0 aromatic heterocycles. The van der Waals surface area contributed by atoms with Crippen LogP contribution in [0, 0.1) is 5.41 Å². The van der Waals surface area contributed by atoms with Crippen molar-refractivity contribution in [2.75, 3.05) is 7.11 Å². The molecule has 0 heterocycles. The van der Waals surface area contributed by atoms with Crippen LogP contribution in [0.15, 0.2) is 48.6 Å². The maximum absolute atomic E-state index is 11.2. The molecule has 0 spiro atoms. The van der Waals surface area contributed by atoms with Crippen LogP contribution < -0.4 is 0 Å². The van der Waals surface area contributed by atoms with Crippen molar-refractivity contribution >= 4 is 11.8 Å². The lowest BCUT2D eigenvalue weighted by Gasteiger charge is -2.15. The first-order valence-electron chi connectivity index (χ1n) is 6.35. The van der Waals surface area contributed by atoms with E-state index >= 15 is 0 Å². The first-order valence-corrected chi connectivity index (χ1v) is 6.35. The zero-order chi connectivity index (χ0) is 14.1. The van der Waals surface area contributed by atoms with Gasteiger partial charge in [0.25, 0.3) is 0 Å². The van der Waals surface area contributed by atoms with Crippen LogP contribution in [-0.2, 0) is 14.3 Å². The number of carbonyl (C=O) groups excluding carboxylic acids is 2. The lowest BCUT2D eigenvalue weighted by atomic mass is 9.88. The van der Waals surface area contributed by atoms with Crippen LogP contribution in [0.1, 0.15) is 26.2 Å². The van der Waals surface area contributed by atoms with E-state index in [1.807, 2.05) is 24.3 Å². The minimum absolute atomic E-state index is 0.0237. The highest BCUT2D eigenvalue weighted by atomic mass is 16.5. The van der Waals surface area contributed by atoms with E-state index in [1.165, 1.54) is 13.2 Å². The quantitative estimate of drug-likeness (QED) is 0.433. The Morgan fingerprint density at radius 2 is 1.79 bits per heavy atom. The molecule has 19 heavy (non-hydrogen) atoms. The number of methoxy groups -OCH3 is 1. The maximum atomic E-state index is 11.2. The third-order valence-corrected chi connectivity index (χ3v) is 3.06. The molecule has 1 aliphatic carbocycles. The van der Waals surface area contributed by atoms with Crippen molar-refractivity contribution in [3.05, 3.63) is 48.6 Å². The molecule has 3 heteroatoms. The van der Waals surface area contributed by atoms with E-state index in [4.69, 9.17) is 0 Å². The fraction of sp³-hybridized carbons (Fsp3) is 0.375. The van der Waals surface area contributed by atoms with Gasteiger partial charge >= 0.3 is 5.97 Å². The van der Waals surface area contributed by atoms with E-state index in [0.29, 0.717) is 18.6 Å². The number of allylic oxidation sites excluding steroid dienone is 7. The highest BCUT2D eigenvalue weighted by molar-refractivity contribution is 5.82. The topological polar surface area (TPSA) is 43.4 Å². The number of carbonyl (C=O) groups is 2. The second kappa shape index (κ2) is 7.52. The van der Waals surface area contributed by atoms with Crippen molar-refractivity contribution < 1.29 is 14.3 Å². The molecule has 1 unspecified atom stereocenters. The molecule has 0 N–H and O–H groups in total. The third-order valence-electron chi connectivity index (χ3n) is 3.06. The molecule has 0 amide bonds. The molecular weight excluding hydrogens is 240 g/mol. The Morgan fingerprint density at radius 3 is 2.37 bits per heavy atom. The molecule has 3 nitrogen and oxygen atoms in total. The third kappa shape index (κ3) is 6.00. The number of hydrogen-bond acceptors (Lipinski definition) is 3. The van der Waals surface area contributed by atoms with E-state index < -0.39 is 0 Å². The lowest BCUT2D eigenvalue weighted by Crippen LogP contribution is -2.07. The summed E-state index contributed by atoms with van der Waals surface area (Å²) in [5.74, 6) is -0.0173. The summed E-state index contributed by atoms with van der Waals surface area (Å²) in [5.41, 5.74) is 0.0237. The highest BCUT2D eigenvalue weighted by Crippen LogP contribution is 2.36. The van der Waals surface area contributed by atoms with Crippen LogP contribution in [-0.4, -0.2) is 18.9 Å². The van der Waals surface area contributed by atoms with Crippen molar-refractivity contribution in [3.8, 4) is 0 Å². The second-order valence-corrected chi connectivity index (χ2v) is 4.88. The van der Waals surface area contributed by atoms with Gasteiger partial charge in [-0.15, -0.1) is 0 Å². The number of esters is 1. The van der Waals surface area contributed by atoms with E-state index in [-0.39, 0.29) is 11.4 Å². The molecular formula is C16H20O3. The zero-order valence-electron chi connectivity index (χ0n) is 11.5. The van der Waals surface area contributed by atoms with Gasteiger partial charge in [-0.2, -0.15) is 0 Å². The lowest BCUT2D eigenvalue weighted by molar-refractivity contribution is -0.134. The van der Waals surface area contributed by atoms with E-state index in [9.17, 15) is 9.59 Å². The van der Waals surface area contributed by atoms with E-state index in [2.05, 4.69) is 17.7 Å². The monoisotopic (exact) mass is 260 g/mol. The van der Waals surface area contributed by atoms with Gasteiger partial charge in [0.1, 0.15) is 5.78 Å². The Balaban J connectivity index is 2.34. The Kier molecular flexibility index (Phi) is 6.00. The average Bonchev–Trinajstić information content (AvgIpc) is 2.72. The SMILES string of the molecule is COC(=O)\C=C/C=C\C=C\C=C\C1(C)CCC(=O)C1. The van der Waals surface area contributed by atoms with Crippen LogP contribution in [0.25, 0.3) is 0 Å². The summed E-state index contributed by atoms with van der Waals surface area (Å²) < 4.78 is 4.46. The maximum Gasteiger partial charge on any atom is 0.330 e. The number of ketones is 1. The summed E-state index contributed by atoms with van der Waals surface area (Å²) in [7, 11) is 1.34. The number of ether oxygens (including phenoxy) is 1. The zero-order valence-corrected chi connectivity index (χ0v) is 11.5. The van der Waals surface area contributed by atoms with Gasteiger partial charge in [0, 0.05) is 18.9 Å². The number of Topliss-reactive ketones (excluding diaryl/α,β-unsaturated/α-hetero) is 1. The molecule has 0 bridgehead atoms. The second-order valence-electron chi connectivity index (χ2n) is 4.88. The minimum Gasteiger partial charge on any atom is -0.466 e. The smallest absolute Gasteiger partial charge is 0.330 e. The van der Waals surface area contributed by atoms with E-state index in [1.54, 1.807) is 12.2 Å². The molecule has 1 fully saturated rings. The summed E-state index contributed by atoms with van der Waals surface area (Å²) in [6.07, 6.45) is 16.7. The van der Waals surface area contributed by atoms with Gasteiger partial charge in [0.2, 0.25) is 0 Å². The number of hydrogen-bond donors (Lipinski definition) is 0. The van der Waals surface area contributed by atoms with Crippen molar-refractivity contribution in [1.82, 2.24) is 0 Å². The molecule has 1 saturated carbocycles. The minimum atomic E-state index is -0.368. The fourth-order valence-corrected chi connectivity index (χ4v) is 1.94. The first-order chi connectivity index (χ1) is 9.06. The van der Waals surface area contributed by atoms with Crippen LogP contribution in [0.2, 0.25) is 0 Å². The van der Waals surface area contributed by atoms with Crippen LogP contribution >= 0.6 is 0 Å². The predicted octanol–water partition coefficient (Wildman–Crippen LogP) is 3.14. The van der Waals surface area contributed by atoms with E-state index in [0.717, 1.165) is 6.42 Å². The Labute approximate surface area is 114 Å². The van der Waals surface area contributed by atoms with Crippen molar-refractivity contribution in [2.45, 2.75) is 26.2 Å². The Hall–Kier alpha value is -1.90. The number of rotatable bonds is 5. The largest absolute Gasteiger partial charge is 0.466 e. The summed E-state index contributed by atoms with van der Waals surface area (Å²) in [4.78, 5) is 22.0. The molecule has 0 aromatic carbocycles. The molecule has 0 saturated heterocycles. The molecule has 1 rings (SSSR count). The van der Waals surface area contributed by atoms with Gasteiger partial charge in [-0.05, 0) is 11.8 Å². The predicted molar refractivity (Wildman–Crippen MR) is 75.5 cm³/mol. The van der Waals surface area contributed by atoms with Gasteiger partial charge in [0.05, 0.1) is 7.11 Å². The molecule has 102 valence electrons.